The zero-order valence-corrected chi connectivity index (χ0v) is 13.2. The molecule has 128 valence electrons. The first-order chi connectivity index (χ1) is 12.2. The van der Waals surface area contributed by atoms with Crippen molar-refractivity contribution in [2.75, 3.05) is 19.9 Å². The predicted octanol–water partition coefficient (Wildman–Crippen LogP) is 2.84. The minimum Gasteiger partial charge on any atom is -0.492 e. The molecule has 4 rings (SSSR count). The maximum Gasteiger partial charge on any atom is 0.267 e. The van der Waals surface area contributed by atoms with E-state index in [1.54, 1.807) is 30.3 Å². The predicted molar refractivity (Wildman–Crippen MR) is 88.6 cm³/mol. The number of halogens is 1. The summed E-state index contributed by atoms with van der Waals surface area (Å²) in [6.07, 6.45) is 0. The van der Waals surface area contributed by atoms with E-state index in [-0.39, 0.29) is 18.5 Å². The van der Waals surface area contributed by atoms with Crippen LogP contribution in [0, 0.1) is 5.82 Å². The lowest BCUT2D eigenvalue weighted by atomic mass is 10.2. The lowest BCUT2D eigenvalue weighted by Crippen LogP contribution is -2.28. The molecule has 0 fully saturated rings. The molecule has 25 heavy (non-hydrogen) atoms. The van der Waals surface area contributed by atoms with E-state index in [0.717, 1.165) is 0 Å². The number of hydrogen-bond donors (Lipinski definition) is 2. The van der Waals surface area contributed by atoms with Gasteiger partial charge in [0.15, 0.2) is 11.5 Å². The maximum absolute atomic E-state index is 13.2. The molecular formula is C18H15FN2O4. The van der Waals surface area contributed by atoms with E-state index in [1.807, 2.05) is 0 Å². The molecule has 0 atom stereocenters. The number of aromatic nitrogens is 1. The third-order valence-corrected chi connectivity index (χ3v) is 3.83. The average molecular weight is 342 g/mol. The summed E-state index contributed by atoms with van der Waals surface area (Å²) >= 11 is 0. The molecule has 0 aliphatic carbocycles. The molecule has 6 nitrogen and oxygen atoms in total. The van der Waals surface area contributed by atoms with Gasteiger partial charge < -0.3 is 24.5 Å². The van der Waals surface area contributed by atoms with E-state index in [0.29, 0.717) is 47.0 Å². The van der Waals surface area contributed by atoms with E-state index in [1.165, 1.54) is 12.1 Å². The largest absolute Gasteiger partial charge is 0.492 e. The number of H-pyrrole nitrogens is 1. The first-order valence-corrected chi connectivity index (χ1v) is 7.78. The Morgan fingerprint density at radius 2 is 2.04 bits per heavy atom. The van der Waals surface area contributed by atoms with Crippen molar-refractivity contribution in [3.8, 4) is 17.2 Å². The molecule has 2 aromatic carbocycles. The number of hydrogen-bond acceptors (Lipinski definition) is 4. The molecule has 1 aromatic heterocycles. The van der Waals surface area contributed by atoms with Gasteiger partial charge in [-0.05, 0) is 36.4 Å². The van der Waals surface area contributed by atoms with E-state index in [4.69, 9.17) is 14.2 Å². The number of aromatic amines is 1. The lowest BCUT2D eigenvalue weighted by molar-refractivity contribution is 0.0943. The van der Waals surface area contributed by atoms with Crippen molar-refractivity contribution in [2.24, 2.45) is 0 Å². The number of rotatable bonds is 5. The molecule has 0 saturated heterocycles. The van der Waals surface area contributed by atoms with Gasteiger partial charge in [-0.3, -0.25) is 4.79 Å². The smallest absolute Gasteiger partial charge is 0.267 e. The van der Waals surface area contributed by atoms with Crippen LogP contribution in [-0.4, -0.2) is 30.8 Å². The number of carbonyl (C=O) groups is 1. The van der Waals surface area contributed by atoms with Crippen LogP contribution in [0.2, 0.25) is 0 Å². The van der Waals surface area contributed by atoms with Crippen LogP contribution < -0.4 is 19.5 Å². The van der Waals surface area contributed by atoms with Gasteiger partial charge in [-0.2, -0.15) is 0 Å². The van der Waals surface area contributed by atoms with Crippen LogP contribution in [0.4, 0.5) is 4.39 Å². The van der Waals surface area contributed by atoms with E-state index in [2.05, 4.69) is 10.3 Å². The number of ether oxygens (including phenoxy) is 3. The fourth-order valence-corrected chi connectivity index (χ4v) is 2.62. The Balaban J connectivity index is 1.31. The van der Waals surface area contributed by atoms with Crippen molar-refractivity contribution < 1.29 is 23.4 Å². The summed E-state index contributed by atoms with van der Waals surface area (Å²) in [6, 6.07) is 11.2. The summed E-state index contributed by atoms with van der Waals surface area (Å²) in [4.78, 5) is 15.1. The summed E-state index contributed by atoms with van der Waals surface area (Å²) in [5, 5.41) is 3.41. The van der Waals surface area contributed by atoms with Crippen LogP contribution in [0.25, 0.3) is 10.9 Å². The Labute approximate surface area is 142 Å². The SMILES string of the molecule is O=C(NCCOc1ccc2c(c1)OCO2)c1cc2cc(F)ccc2[nH]1. The highest BCUT2D eigenvalue weighted by Crippen LogP contribution is 2.34. The normalized spacial score (nSPS) is 12.4. The minimum absolute atomic E-state index is 0.212. The Kier molecular flexibility index (Phi) is 3.89. The molecule has 1 aliphatic heterocycles. The fraction of sp³-hybridized carbons (Fsp3) is 0.167. The van der Waals surface area contributed by atoms with Crippen LogP contribution in [0.5, 0.6) is 17.2 Å². The first-order valence-electron chi connectivity index (χ1n) is 7.78. The summed E-state index contributed by atoms with van der Waals surface area (Å²) in [6.45, 7) is 0.848. The monoisotopic (exact) mass is 342 g/mol. The van der Waals surface area contributed by atoms with Gasteiger partial charge in [-0.15, -0.1) is 0 Å². The van der Waals surface area contributed by atoms with Crippen LogP contribution in [-0.2, 0) is 0 Å². The molecule has 3 aromatic rings. The number of amides is 1. The van der Waals surface area contributed by atoms with Crippen molar-refractivity contribution in [3.05, 3.63) is 54.0 Å². The molecule has 0 unspecified atom stereocenters. The average Bonchev–Trinajstić information content (AvgIpc) is 3.24. The molecule has 1 aliphatic rings. The molecule has 0 radical (unpaired) electrons. The third kappa shape index (κ3) is 3.21. The Hall–Kier alpha value is -3.22. The topological polar surface area (TPSA) is 72.6 Å². The number of benzene rings is 2. The second-order valence-electron chi connectivity index (χ2n) is 5.53. The van der Waals surface area contributed by atoms with Crippen molar-refractivity contribution in [1.82, 2.24) is 10.3 Å². The minimum atomic E-state index is -0.337. The van der Waals surface area contributed by atoms with E-state index in [9.17, 15) is 9.18 Å². The van der Waals surface area contributed by atoms with Gasteiger partial charge in [0, 0.05) is 17.0 Å². The summed E-state index contributed by atoms with van der Waals surface area (Å²) in [5.74, 6) is 1.36. The molecule has 1 amide bonds. The van der Waals surface area contributed by atoms with Crippen LogP contribution in [0.15, 0.2) is 42.5 Å². The van der Waals surface area contributed by atoms with Gasteiger partial charge in [0.05, 0.1) is 6.54 Å². The van der Waals surface area contributed by atoms with Gasteiger partial charge in [0.2, 0.25) is 6.79 Å². The Morgan fingerprint density at radius 1 is 1.16 bits per heavy atom. The molecule has 0 saturated carbocycles. The highest BCUT2D eigenvalue weighted by Gasteiger charge is 2.14. The van der Waals surface area contributed by atoms with Gasteiger partial charge >= 0.3 is 0 Å². The highest BCUT2D eigenvalue weighted by molar-refractivity contribution is 5.97. The van der Waals surface area contributed by atoms with E-state index >= 15 is 0 Å². The number of carbonyl (C=O) groups excluding carboxylic acids is 1. The Bertz CT molecular complexity index is 938. The first kappa shape index (κ1) is 15.3. The number of nitrogens with one attached hydrogen (secondary N) is 2. The van der Waals surface area contributed by atoms with E-state index < -0.39 is 0 Å². The molecule has 7 heteroatoms. The van der Waals surface area contributed by atoms with Crippen LogP contribution in [0.1, 0.15) is 10.5 Å². The maximum atomic E-state index is 13.2. The summed E-state index contributed by atoms with van der Waals surface area (Å²) in [5.41, 5.74) is 1.09. The second kappa shape index (κ2) is 6.35. The van der Waals surface area contributed by atoms with Gasteiger partial charge in [0.1, 0.15) is 23.9 Å². The molecule has 0 spiro atoms. The summed E-state index contributed by atoms with van der Waals surface area (Å²) < 4.78 is 29.3. The van der Waals surface area contributed by atoms with Crippen LogP contribution >= 0.6 is 0 Å². The zero-order chi connectivity index (χ0) is 17.2. The van der Waals surface area contributed by atoms with Gasteiger partial charge in [-0.1, -0.05) is 0 Å². The van der Waals surface area contributed by atoms with Gasteiger partial charge in [-0.25, -0.2) is 4.39 Å². The zero-order valence-electron chi connectivity index (χ0n) is 13.2. The summed E-state index contributed by atoms with van der Waals surface area (Å²) in [7, 11) is 0. The van der Waals surface area contributed by atoms with Crippen molar-refractivity contribution in [2.45, 2.75) is 0 Å². The number of fused-ring (bicyclic) bond motifs is 2. The molecule has 2 N–H and O–H groups in total. The van der Waals surface area contributed by atoms with Crippen molar-refractivity contribution >= 4 is 16.8 Å². The third-order valence-electron chi connectivity index (χ3n) is 3.83. The molecule has 2 heterocycles. The Morgan fingerprint density at radius 3 is 2.96 bits per heavy atom. The second-order valence-corrected chi connectivity index (χ2v) is 5.53. The standard InChI is InChI=1S/C18H15FN2O4/c19-12-1-3-14-11(7-12)8-15(21-14)18(22)20-5-6-23-13-2-4-16-17(9-13)25-10-24-16/h1-4,7-9,21H,5-6,10H2,(H,20,22). The van der Waals surface area contributed by atoms with Crippen molar-refractivity contribution in [3.63, 3.8) is 0 Å². The quantitative estimate of drug-likeness (QED) is 0.700. The fourth-order valence-electron chi connectivity index (χ4n) is 2.62. The molecular weight excluding hydrogens is 327 g/mol. The van der Waals surface area contributed by atoms with Crippen LogP contribution in [0.3, 0.4) is 0 Å². The highest BCUT2D eigenvalue weighted by atomic mass is 19.1. The van der Waals surface area contributed by atoms with Crippen molar-refractivity contribution in [1.29, 1.82) is 0 Å². The lowest BCUT2D eigenvalue weighted by Gasteiger charge is -2.07. The molecule has 0 bridgehead atoms. The van der Waals surface area contributed by atoms with Gasteiger partial charge in [0.25, 0.3) is 5.91 Å².